The number of rotatable bonds is 5. The van der Waals surface area contributed by atoms with Crippen molar-refractivity contribution in [1.29, 1.82) is 0 Å². The highest BCUT2D eigenvalue weighted by atomic mass is 32.2. The van der Waals surface area contributed by atoms with Crippen LogP contribution in [0, 0.1) is 6.92 Å². The number of thioether (sulfide) groups is 1. The van der Waals surface area contributed by atoms with Gasteiger partial charge in [-0.25, -0.2) is 0 Å². The maximum absolute atomic E-state index is 12.8. The van der Waals surface area contributed by atoms with E-state index in [0.717, 1.165) is 35.9 Å². The number of aryl methyl sites for hydroxylation is 1. The number of hydrogen-bond donors (Lipinski definition) is 0. The zero-order valence-electron chi connectivity index (χ0n) is 16.1. The Labute approximate surface area is 160 Å². The summed E-state index contributed by atoms with van der Waals surface area (Å²) in [4.78, 5) is 14.8. The van der Waals surface area contributed by atoms with Crippen molar-refractivity contribution in [2.75, 3.05) is 5.75 Å². The van der Waals surface area contributed by atoms with Gasteiger partial charge in [0, 0.05) is 24.2 Å². The second-order valence-electron chi connectivity index (χ2n) is 7.08. The first-order valence-corrected chi connectivity index (χ1v) is 10.4. The van der Waals surface area contributed by atoms with Crippen LogP contribution in [-0.2, 0) is 11.3 Å². The number of nitrogens with zero attached hydrogens (tertiary/aromatic N) is 4. The molecule has 1 aliphatic rings. The minimum Gasteiger partial charge on any atom is -0.337 e. The van der Waals surface area contributed by atoms with Gasteiger partial charge in [-0.3, -0.25) is 4.79 Å². The highest BCUT2D eigenvalue weighted by Gasteiger charge is 2.29. The molecule has 140 valence electrons. The molecule has 0 spiro atoms. The van der Waals surface area contributed by atoms with E-state index in [4.69, 9.17) is 0 Å². The average molecular weight is 373 g/mol. The summed E-state index contributed by atoms with van der Waals surface area (Å²) in [7, 11) is 0. The summed E-state index contributed by atoms with van der Waals surface area (Å²) in [6.45, 7) is 9.26. The van der Waals surface area contributed by atoms with E-state index in [0.29, 0.717) is 17.8 Å². The van der Waals surface area contributed by atoms with Gasteiger partial charge in [0.05, 0.1) is 5.75 Å². The Hall–Kier alpha value is -1.82. The third-order valence-electron chi connectivity index (χ3n) is 5.23. The van der Waals surface area contributed by atoms with E-state index in [1.54, 1.807) is 0 Å². The first kappa shape index (κ1) is 19.0. The summed E-state index contributed by atoms with van der Waals surface area (Å²) in [6, 6.07) is 8.87. The SMILES string of the molecule is CCn1c(SCC(=O)N2C(C)CCCC2C)nnc1-c1ccccc1C. The molecule has 5 nitrogen and oxygen atoms in total. The van der Waals surface area contributed by atoms with Gasteiger partial charge in [-0.15, -0.1) is 10.2 Å². The third-order valence-corrected chi connectivity index (χ3v) is 6.18. The van der Waals surface area contributed by atoms with Crippen molar-refractivity contribution in [3.63, 3.8) is 0 Å². The van der Waals surface area contributed by atoms with E-state index < -0.39 is 0 Å². The summed E-state index contributed by atoms with van der Waals surface area (Å²) in [5.74, 6) is 1.50. The molecule has 26 heavy (non-hydrogen) atoms. The summed E-state index contributed by atoms with van der Waals surface area (Å²) in [5, 5.41) is 9.59. The number of carbonyl (C=O) groups excluding carboxylic acids is 1. The van der Waals surface area contributed by atoms with Crippen LogP contribution >= 0.6 is 11.8 Å². The van der Waals surface area contributed by atoms with Crippen molar-refractivity contribution < 1.29 is 4.79 Å². The molecule has 2 aromatic rings. The van der Waals surface area contributed by atoms with Crippen molar-refractivity contribution in [2.45, 2.75) is 70.7 Å². The number of carbonyl (C=O) groups is 1. The molecule has 1 fully saturated rings. The smallest absolute Gasteiger partial charge is 0.233 e. The first-order valence-electron chi connectivity index (χ1n) is 9.46. The second kappa shape index (κ2) is 8.25. The number of benzene rings is 1. The van der Waals surface area contributed by atoms with Crippen molar-refractivity contribution in [2.24, 2.45) is 0 Å². The monoisotopic (exact) mass is 372 g/mol. The molecule has 1 saturated heterocycles. The molecule has 0 saturated carbocycles. The maximum Gasteiger partial charge on any atom is 0.233 e. The van der Waals surface area contributed by atoms with Gasteiger partial charge in [-0.2, -0.15) is 0 Å². The zero-order chi connectivity index (χ0) is 18.7. The van der Waals surface area contributed by atoms with Gasteiger partial charge in [0.25, 0.3) is 0 Å². The van der Waals surface area contributed by atoms with Gasteiger partial charge < -0.3 is 9.47 Å². The van der Waals surface area contributed by atoms with Crippen molar-refractivity contribution in [1.82, 2.24) is 19.7 Å². The quantitative estimate of drug-likeness (QED) is 0.740. The lowest BCUT2D eigenvalue weighted by Crippen LogP contribution is -2.48. The van der Waals surface area contributed by atoms with Crippen molar-refractivity contribution >= 4 is 17.7 Å². The molecule has 0 aliphatic carbocycles. The third kappa shape index (κ3) is 3.80. The molecule has 2 atom stereocenters. The van der Waals surface area contributed by atoms with E-state index in [2.05, 4.69) is 59.5 Å². The zero-order valence-corrected chi connectivity index (χ0v) is 16.9. The van der Waals surface area contributed by atoms with E-state index in [1.807, 2.05) is 12.1 Å². The highest BCUT2D eigenvalue weighted by molar-refractivity contribution is 7.99. The summed E-state index contributed by atoms with van der Waals surface area (Å²) >= 11 is 1.50. The van der Waals surface area contributed by atoms with Crippen LogP contribution in [0.25, 0.3) is 11.4 Å². The number of likely N-dealkylation sites (tertiary alicyclic amines) is 1. The number of hydrogen-bond acceptors (Lipinski definition) is 4. The Morgan fingerprint density at radius 2 is 1.88 bits per heavy atom. The molecule has 1 aromatic carbocycles. The van der Waals surface area contributed by atoms with Gasteiger partial charge >= 0.3 is 0 Å². The lowest BCUT2D eigenvalue weighted by atomic mass is 9.98. The Kier molecular flexibility index (Phi) is 6.01. The number of aromatic nitrogens is 3. The van der Waals surface area contributed by atoms with Gasteiger partial charge in [0.2, 0.25) is 5.91 Å². The molecule has 6 heteroatoms. The van der Waals surface area contributed by atoms with Crippen LogP contribution in [0.15, 0.2) is 29.4 Å². The summed E-state index contributed by atoms with van der Waals surface area (Å²) in [6.07, 6.45) is 3.41. The minimum atomic E-state index is 0.206. The van der Waals surface area contributed by atoms with Crippen LogP contribution in [0.4, 0.5) is 0 Å². The molecular formula is C20H28N4OS. The fraction of sp³-hybridized carbons (Fsp3) is 0.550. The van der Waals surface area contributed by atoms with Gasteiger partial charge in [-0.05, 0) is 52.5 Å². The van der Waals surface area contributed by atoms with Crippen molar-refractivity contribution in [3.8, 4) is 11.4 Å². The van der Waals surface area contributed by atoms with Crippen LogP contribution in [0.5, 0.6) is 0 Å². The van der Waals surface area contributed by atoms with Gasteiger partial charge in [0.15, 0.2) is 11.0 Å². The molecule has 2 unspecified atom stereocenters. The van der Waals surface area contributed by atoms with Crippen LogP contribution in [0.2, 0.25) is 0 Å². The minimum absolute atomic E-state index is 0.206. The van der Waals surface area contributed by atoms with Gasteiger partial charge in [-0.1, -0.05) is 36.0 Å². The van der Waals surface area contributed by atoms with E-state index in [1.165, 1.54) is 23.7 Å². The summed E-state index contributed by atoms with van der Waals surface area (Å²) < 4.78 is 2.10. The molecule has 2 heterocycles. The Morgan fingerprint density at radius 1 is 1.19 bits per heavy atom. The lowest BCUT2D eigenvalue weighted by molar-refractivity contribution is -0.134. The molecular weight excluding hydrogens is 344 g/mol. The Bertz CT molecular complexity index is 763. The number of amides is 1. The van der Waals surface area contributed by atoms with Crippen LogP contribution in [0.1, 0.15) is 45.6 Å². The van der Waals surface area contributed by atoms with E-state index >= 15 is 0 Å². The maximum atomic E-state index is 12.8. The molecule has 0 radical (unpaired) electrons. The predicted octanol–water partition coefficient (Wildman–Crippen LogP) is 4.16. The molecule has 3 rings (SSSR count). The average Bonchev–Trinajstić information content (AvgIpc) is 3.03. The molecule has 0 bridgehead atoms. The van der Waals surface area contributed by atoms with Crippen LogP contribution < -0.4 is 0 Å². The highest BCUT2D eigenvalue weighted by Crippen LogP contribution is 2.28. The Balaban J connectivity index is 1.75. The van der Waals surface area contributed by atoms with E-state index in [-0.39, 0.29) is 5.91 Å². The normalized spacial score (nSPS) is 20.4. The van der Waals surface area contributed by atoms with E-state index in [9.17, 15) is 4.79 Å². The number of piperidine rings is 1. The molecule has 0 N–H and O–H groups in total. The standard InChI is InChI=1S/C20H28N4OS/c1-5-23-19(17-12-7-6-9-14(17)2)21-22-20(23)26-13-18(25)24-15(3)10-8-11-16(24)4/h6-7,9,12,15-16H,5,8,10-11,13H2,1-4H3. The van der Waals surface area contributed by atoms with Crippen LogP contribution in [0.3, 0.4) is 0 Å². The molecule has 1 aromatic heterocycles. The topological polar surface area (TPSA) is 51.0 Å². The second-order valence-corrected chi connectivity index (χ2v) is 8.03. The van der Waals surface area contributed by atoms with Crippen LogP contribution in [-0.4, -0.2) is 43.4 Å². The predicted molar refractivity (Wildman–Crippen MR) is 106 cm³/mol. The van der Waals surface area contributed by atoms with Crippen molar-refractivity contribution in [3.05, 3.63) is 29.8 Å². The fourth-order valence-corrected chi connectivity index (χ4v) is 4.69. The molecule has 1 amide bonds. The fourth-order valence-electron chi connectivity index (χ4n) is 3.82. The first-order chi connectivity index (χ1) is 12.5. The summed E-state index contributed by atoms with van der Waals surface area (Å²) in [5.41, 5.74) is 2.27. The largest absolute Gasteiger partial charge is 0.337 e. The lowest BCUT2D eigenvalue weighted by Gasteiger charge is -2.39. The van der Waals surface area contributed by atoms with Gasteiger partial charge in [0.1, 0.15) is 0 Å². The Morgan fingerprint density at radius 3 is 2.54 bits per heavy atom. The molecule has 1 aliphatic heterocycles.